The van der Waals surface area contributed by atoms with Gasteiger partial charge in [0, 0.05) is 31.6 Å². The molecular weight excluding hydrogens is 407 g/mol. The van der Waals surface area contributed by atoms with E-state index >= 15 is 0 Å². The van der Waals surface area contributed by atoms with Gasteiger partial charge in [-0.1, -0.05) is 19.1 Å². The summed E-state index contributed by atoms with van der Waals surface area (Å²) in [4.78, 5) is 31.9. The average molecular weight is 437 g/mol. The summed E-state index contributed by atoms with van der Waals surface area (Å²) in [7, 11) is 0. The molecule has 168 valence electrons. The summed E-state index contributed by atoms with van der Waals surface area (Å²) in [6.45, 7) is 4.62. The summed E-state index contributed by atoms with van der Waals surface area (Å²) in [6, 6.07) is 13.3. The molecule has 7 heteroatoms. The third-order valence-corrected chi connectivity index (χ3v) is 6.13. The molecule has 2 heterocycles. The average Bonchev–Trinajstić information content (AvgIpc) is 3.14. The molecule has 1 saturated heterocycles. The molecule has 1 aliphatic heterocycles. The number of carbonyl (C=O) groups is 2. The zero-order chi connectivity index (χ0) is 22.5. The minimum Gasteiger partial charge on any atom is -0.352 e. The second-order valence-corrected chi connectivity index (χ2v) is 8.53. The van der Waals surface area contributed by atoms with Crippen molar-refractivity contribution in [2.45, 2.75) is 39.2 Å². The number of halogens is 1. The van der Waals surface area contributed by atoms with Crippen molar-refractivity contribution < 1.29 is 14.0 Å². The molecule has 1 N–H and O–H groups in total. The van der Waals surface area contributed by atoms with Crippen LogP contribution in [0.2, 0.25) is 0 Å². The van der Waals surface area contributed by atoms with Crippen LogP contribution in [0.3, 0.4) is 0 Å². The Balaban J connectivity index is 1.39. The van der Waals surface area contributed by atoms with Gasteiger partial charge in [0.05, 0.1) is 11.0 Å². The van der Waals surface area contributed by atoms with Crippen LogP contribution in [0.1, 0.15) is 42.4 Å². The maximum atomic E-state index is 13.0. The van der Waals surface area contributed by atoms with Crippen molar-refractivity contribution in [1.82, 2.24) is 19.8 Å². The third-order valence-electron chi connectivity index (χ3n) is 6.13. The van der Waals surface area contributed by atoms with E-state index in [1.165, 1.54) is 24.3 Å². The lowest BCUT2D eigenvalue weighted by Crippen LogP contribution is -2.40. The summed E-state index contributed by atoms with van der Waals surface area (Å²) >= 11 is 0. The summed E-state index contributed by atoms with van der Waals surface area (Å²) in [5.41, 5.74) is 2.26. The summed E-state index contributed by atoms with van der Waals surface area (Å²) in [6.07, 6.45) is 3.43. The zero-order valence-electron chi connectivity index (χ0n) is 18.4. The molecule has 1 aliphatic rings. The standard InChI is InChI=1S/C25H29FN4O2/c1-18-12-15-29(16-13-18)24(31)17-30-22-6-3-2-5-21(22)28-23(30)7-4-14-27-25(32)19-8-10-20(26)11-9-19/h2-3,5-6,8-11,18H,4,7,12-17H2,1H3,(H,27,32). The van der Waals surface area contributed by atoms with Gasteiger partial charge in [0.25, 0.3) is 5.91 Å². The highest BCUT2D eigenvalue weighted by Gasteiger charge is 2.22. The van der Waals surface area contributed by atoms with Crippen LogP contribution in [0.15, 0.2) is 48.5 Å². The number of nitrogens with zero attached hydrogens (tertiary/aromatic N) is 3. The molecule has 0 radical (unpaired) electrons. The maximum Gasteiger partial charge on any atom is 0.251 e. The number of aryl methyl sites for hydroxylation is 1. The topological polar surface area (TPSA) is 67.2 Å². The molecule has 1 aromatic heterocycles. The van der Waals surface area contributed by atoms with Crippen LogP contribution in [0, 0.1) is 11.7 Å². The van der Waals surface area contributed by atoms with E-state index in [1.807, 2.05) is 33.7 Å². The van der Waals surface area contributed by atoms with E-state index in [9.17, 15) is 14.0 Å². The number of amides is 2. The lowest BCUT2D eigenvalue weighted by molar-refractivity contribution is -0.133. The van der Waals surface area contributed by atoms with Crippen molar-refractivity contribution in [2.24, 2.45) is 5.92 Å². The van der Waals surface area contributed by atoms with Gasteiger partial charge < -0.3 is 14.8 Å². The smallest absolute Gasteiger partial charge is 0.251 e. The van der Waals surface area contributed by atoms with Gasteiger partial charge in [-0.15, -0.1) is 0 Å². The molecule has 4 rings (SSSR count). The molecule has 6 nitrogen and oxygen atoms in total. The first-order valence-electron chi connectivity index (χ1n) is 11.3. The Kier molecular flexibility index (Phi) is 6.83. The molecule has 3 aromatic rings. The quantitative estimate of drug-likeness (QED) is 0.573. The van der Waals surface area contributed by atoms with E-state index in [1.54, 1.807) is 0 Å². The molecule has 0 saturated carbocycles. The van der Waals surface area contributed by atoms with Crippen molar-refractivity contribution in [3.8, 4) is 0 Å². The van der Waals surface area contributed by atoms with Gasteiger partial charge in [0.15, 0.2) is 0 Å². The largest absolute Gasteiger partial charge is 0.352 e. The lowest BCUT2D eigenvalue weighted by Gasteiger charge is -2.30. The molecule has 32 heavy (non-hydrogen) atoms. The van der Waals surface area contributed by atoms with Crippen LogP contribution in [-0.4, -0.2) is 45.9 Å². The van der Waals surface area contributed by atoms with Gasteiger partial charge in [-0.05, 0) is 61.6 Å². The van der Waals surface area contributed by atoms with Crippen LogP contribution >= 0.6 is 0 Å². The Morgan fingerprint density at radius 3 is 2.56 bits per heavy atom. The maximum absolute atomic E-state index is 13.0. The van der Waals surface area contributed by atoms with Crippen molar-refractivity contribution in [1.29, 1.82) is 0 Å². The Hall–Kier alpha value is -3.22. The second-order valence-electron chi connectivity index (χ2n) is 8.53. The van der Waals surface area contributed by atoms with Crippen molar-refractivity contribution in [2.75, 3.05) is 19.6 Å². The van der Waals surface area contributed by atoms with E-state index in [0.29, 0.717) is 30.9 Å². The summed E-state index contributed by atoms with van der Waals surface area (Å²) < 4.78 is 15.0. The number of imidazole rings is 1. The number of hydrogen-bond acceptors (Lipinski definition) is 3. The molecule has 1 fully saturated rings. The van der Waals surface area contributed by atoms with Crippen LogP contribution in [0.5, 0.6) is 0 Å². The number of piperidine rings is 1. The fourth-order valence-electron chi connectivity index (χ4n) is 4.14. The first kappa shape index (κ1) is 22.0. The molecule has 0 aliphatic carbocycles. The molecular formula is C25H29FN4O2. The van der Waals surface area contributed by atoms with Gasteiger partial charge in [-0.2, -0.15) is 0 Å². The Morgan fingerprint density at radius 2 is 1.81 bits per heavy atom. The Morgan fingerprint density at radius 1 is 1.09 bits per heavy atom. The Labute approximate surface area is 187 Å². The highest BCUT2D eigenvalue weighted by molar-refractivity contribution is 5.94. The number of rotatable bonds is 7. The van der Waals surface area contributed by atoms with Gasteiger partial charge in [0.2, 0.25) is 5.91 Å². The number of hydrogen-bond donors (Lipinski definition) is 1. The molecule has 0 unspecified atom stereocenters. The summed E-state index contributed by atoms with van der Waals surface area (Å²) in [5.74, 6) is 1.06. The third kappa shape index (κ3) is 5.15. The fraction of sp³-hybridized carbons (Fsp3) is 0.400. The highest BCUT2D eigenvalue weighted by Crippen LogP contribution is 2.20. The fourth-order valence-corrected chi connectivity index (χ4v) is 4.14. The predicted octanol–water partition coefficient (Wildman–Crippen LogP) is 3.80. The normalized spacial score (nSPS) is 14.6. The van der Waals surface area contributed by atoms with E-state index in [4.69, 9.17) is 4.98 Å². The Bertz CT molecular complexity index is 1090. The summed E-state index contributed by atoms with van der Waals surface area (Å²) in [5, 5.41) is 2.86. The number of fused-ring (bicyclic) bond motifs is 1. The number of nitrogens with one attached hydrogen (secondary N) is 1. The van der Waals surface area contributed by atoms with Crippen LogP contribution in [0.25, 0.3) is 11.0 Å². The van der Waals surface area contributed by atoms with Gasteiger partial charge in [-0.25, -0.2) is 9.37 Å². The molecule has 0 atom stereocenters. The lowest BCUT2D eigenvalue weighted by atomic mass is 9.99. The van der Waals surface area contributed by atoms with Crippen molar-refractivity contribution in [3.05, 3.63) is 65.7 Å². The van der Waals surface area contributed by atoms with E-state index < -0.39 is 0 Å². The monoisotopic (exact) mass is 436 g/mol. The first-order chi connectivity index (χ1) is 15.5. The van der Waals surface area contributed by atoms with Crippen LogP contribution < -0.4 is 5.32 Å². The number of aromatic nitrogens is 2. The second kappa shape index (κ2) is 9.94. The number of para-hydroxylation sites is 2. The van der Waals surface area contributed by atoms with Crippen molar-refractivity contribution in [3.63, 3.8) is 0 Å². The van der Waals surface area contributed by atoms with Crippen LogP contribution in [-0.2, 0) is 17.8 Å². The number of benzene rings is 2. The number of likely N-dealkylation sites (tertiary alicyclic amines) is 1. The van der Waals surface area contributed by atoms with Crippen molar-refractivity contribution >= 4 is 22.8 Å². The predicted molar refractivity (Wildman–Crippen MR) is 122 cm³/mol. The van der Waals surface area contributed by atoms with E-state index in [0.717, 1.165) is 42.8 Å². The van der Waals surface area contributed by atoms with Crippen LogP contribution in [0.4, 0.5) is 4.39 Å². The zero-order valence-corrected chi connectivity index (χ0v) is 18.4. The first-order valence-corrected chi connectivity index (χ1v) is 11.3. The van der Waals surface area contributed by atoms with Gasteiger partial charge in [-0.3, -0.25) is 9.59 Å². The minimum absolute atomic E-state index is 0.130. The molecule has 2 amide bonds. The number of carbonyl (C=O) groups excluding carboxylic acids is 2. The molecule has 0 bridgehead atoms. The van der Waals surface area contributed by atoms with Gasteiger partial charge in [0.1, 0.15) is 18.2 Å². The van der Waals surface area contributed by atoms with E-state index in [2.05, 4.69) is 12.2 Å². The molecule has 2 aromatic carbocycles. The van der Waals surface area contributed by atoms with E-state index in [-0.39, 0.29) is 24.2 Å². The minimum atomic E-state index is -0.367. The van der Waals surface area contributed by atoms with Gasteiger partial charge >= 0.3 is 0 Å². The SMILES string of the molecule is CC1CCN(C(=O)Cn2c(CCCNC(=O)c3ccc(F)cc3)nc3ccccc32)CC1. The molecule has 0 spiro atoms. The highest BCUT2D eigenvalue weighted by atomic mass is 19.1.